The quantitative estimate of drug-likeness (QED) is 0.226. The molecule has 1 heterocycles. The molecule has 0 fully saturated rings. The molecule has 0 spiro atoms. The average molecular weight is 555 g/mol. The van der Waals surface area contributed by atoms with Crippen molar-refractivity contribution in [2.75, 3.05) is 19.4 Å². The molecule has 3 rings (SSSR count). The van der Waals surface area contributed by atoms with Crippen molar-refractivity contribution in [1.82, 2.24) is 14.9 Å². The van der Waals surface area contributed by atoms with Crippen molar-refractivity contribution >= 4 is 39.0 Å². The van der Waals surface area contributed by atoms with Crippen LogP contribution in [0.5, 0.6) is 5.75 Å². The van der Waals surface area contributed by atoms with Crippen LogP contribution < -0.4 is 15.2 Å². The molecule has 0 aliphatic rings. The zero-order valence-corrected chi connectivity index (χ0v) is 22.1. The average Bonchev–Trinajstić information content (AvgIpc) is 3.29. The van der Waals surface area contributed by atoms with Crippen LogP contribution in [-0.4, -0.2) is 49.8 Å². The minimum Gasteiger partial charge on any atom is -0.493 e. The molecule has 0 saturated carbocycles. The van der Waals surface area contributed by atoms with Crippen LogP contribution >= 0.6 is 23.2 Å². The predicted molar refractivity (Wildman–Crippen MR) is 138 cm³/mol. The maximum Gasteiger partial charge on any atom is 0.240 e. The van der Waals surface area contributed by atoms with E-state index >= 15 is 0 Å². The Balaban J connectivity index is 1.55. The van der Waals surface area contributed by atoms with Crippen molar-refractivity contribution in [2.45, 2.75) is 38.1 Å². The lowest BCUT2D eigenvalue weighted by atomic mass is 10.1. The number of hydrogen-bond donors (Lipinski definition) is 2. The van der Waals surface area contributed by atoms with Crippen molar-refractivity contribution in [2.24, 2.45) is 5.73 Å². The van der Waals surface area contributed by atoms with Crippen LogP contribution in [0.2, 0.25) is 10.0 Å². The third-order valence-electron chi connectivity index (χ3n) is 5.23. The minimum absolute atomic E-state index is 0.166. The normalized spacial score (nSPS) is 12.4. The summed E-state index contributed by atoms with van der Waals surface area (Å²) in [7, 11) is -3.60. The molecule has 0 amide bonds. The van der Waals surface area contributed by atoms with Gasteiger partial charge in [0.1, 0.15) is 5.75 Å². The number of aromatic nitrogens is 2. The summed E-state index contributed by atoms with van der Waals surface area (Å²) in [6.07, 6.45) is 3.53. The van der Waals surface area contributed by atoms with Crippen LogP contribution in [0.3, 0.4) is 0 Å². The standard InChI is InChI=1S/C24H28Cl2N4O5S/c1-36(32,33)30-21(4-2-3-12-27)23(31)24-28-22(35-29-24)15-16-5-8-18(9-6-16)34-13-11-17-7-10-19(25)20(26)14-17/h5-10,14,21,30H,2-4,11-13,15,27H2,1H3/t21-/m0/s1. The number of carbonyl (C=O) groups is 1. The van der Waals surface area contributed by atoms with E-state index in [9.17, 15) is 13.2 Å². The summed E-state index contributed by atoms with van der Waals surface area (Å²) in [6, 6.07) is 11.9. The maximum atomic E-state index is 12.8. The Labute approximate surface area is 220 Å². The number of carbonyl (C=O) groups excluding carboxylic acids is 1. The number of halogens is 2. The van der Waals surface area contributed by atoms with Gasteiger partial charge in [-0.1, -0.05) is 53.0 Å². The van der Waals surface area contributed by atoms with E-state index in [0.29, 0.717) is 61.1 Å². The molecule has 0 aliphatic carbocycles. The van der Waals surface area contributed by atoms with Crippen LogP contribution in [0.25, 0.3) is 0 Å². The van der Waals surface area contributed by atoms with Gasteiger partial charge in [-0.3, -0.25) is 4.79 Å². The monoisotopic (exact) mass is 554 g/mol. The molecule has 2 aromatic carbocycles. The molecule has 0 saturated heterocycles. The number of hydrogen-bond acceptors (Lipinski definition) is 8. The van der Waals surface area contributed by atoms with Gasteiger partial charge in [-0.2, -0.15) is 4.98 Å². The number of sulfonamides is 1. The Bertz CT molecular complexity index is 1270. The van der Waals surface area contributed by atoms with Gasteiger partial charge in [-0.15, -0.1) is 0 Å². The maximum absolute atomic E-state index is 12.8. The van der Waals surface area contributed by atoms with Crippen LogP contribution in [0.15, 0.2) is 47.0 Å². The summed E-state index contributed by atoms with van der Waals surface area (Å²) in [4.78, 5) is 17.0. The Morgan fingerprint density at radius 1 is 1.11 bits per heavy atom. The largest absolute Gasteiger partial charge is 0.493 e. The van der Waals surface area contributed by atoms with Crippen molar-refractivity contribution in [1.29, 1.82) is 0 Å². The predicted octanol–water partition coefficient (Wildman–Crippen LogP) is 3.82. The van der Waals surface area contributed by atoms with Gasteiger partial charge < -0.3 is 15.0 Å². The highest BCUT2D eigenvalue weighted by atomic mass is 35.5. The van der Waals surface area contributed by atoms with E-state index in [1.54, 1.807) is 6.07 Å². The topological polar surface area (TPSA) is 137 Å². The third-order valence-corrected chi connectivity index (χ3v) is 6.68. The van der Waals surface area contributed by atoms with Crippen LogP contribution in [0, 0.1) is 0 Å². The van der Waals surface area contributed by atoms with E-state index in [-0.39, 0.29) is 11.7 Å². The molecule has 1 atom stereocenters. The first-order valence-corrected chi connectivity index (χ1v) is 14.0. The number of ether oxygens (including phenoxy) is 1. The van der Waals surface area contributed by atoms with Gasteiger partial charge in [-0.25, -0.2) is 13.1 Å². The Hall–Kier alpha value is -2.50. The number of nitrogens with two attached hydrogens (primary N) is 1. The molecule has 0 unspecified atom stereocenters. The molecule has 1 aromatic heterocycles. The van der Waals surface area contributed by atoms with Gasteiger partial charge in [0.05, 0.1) is 35.4 Å². The summed E-state index contributed by atoms with van der Waals surface area (Å²) >= 11 is 12.0. The van der Waals surface area contributed by atoms with Gasteiger partial charge in [0.2, 0.25) is 27.5 Å². The Morgan fingerprint density at radius 3 is 2.50 bits per heavy atom. The SMILES string of the molecule is CS(=O)(=O)N[C@@H](CCCCN)C(=O)c1noc(Cc2ccc(OCCc3ccc(Cl)c(Cl)c3)cc2)n1. The van der Waals surface area contributed by atoms with E-state index in [4.69, 9.17) is 38.2 Å². The molecule has 36 heavy (non-hydrogen) atoms. The Morgan fingerprint density at radius 2 is 1.83 bits per heavy atom. The smallest absolute Gasteiger partial charge is 0.240 e. The van der Waals surface area contributed by atoms with Crippen molar-refractivity contribution in [3.63, 3.8) is 0 Å². The van der Waals surface area contributed by atoms with Gasteiger partial charge in [0.15, 0.2) is 0 Å². The third kappa shape index (κ3) is 8.86. The summed E-state index contributed by atoms with van der Waals surface area (Å²) < 4.78 is 36.7. The van der Waals surface area contributed by atoms with Gasteiger partial charge in [0, 0.05) is 6.42 Å². The van der Waals surface area contributed by atoms with Gasteiger partial charge in [-0.05, 0) is 54.8 Å². The number of nitrogens with one attached hydrogen (secondary N) is 1. The number of benzene rings is 2. The second-order valence-electron chi connectivity index (χ2n) is 8.27. The fourth-order valence-electron chi connectivity index (χ4n) is 3.44. The summed E-state index contributed by atoms with van der Waals surface area (Å²) in [5.41, 5.74) is 7.40. The minimum atomic E-state index is -3.60. The summed E-state index contributed by atoms with van der Waals surface area (Å²) in [5.74, 6) is 0.235. The highest BCUT2D eigenvalue weighted by Crippen LogP contribution is 2.23. The lowest BCUT2D eigenvalue weighted by molar-refractivity contribution is 0.0934. The molecular weight excluding hydrogens is 527 g/mol. The van der Waals surface area contributed by atoms with E-state index in [1.165, 1.54) is 0 Å². The highest BCUT2D eigenvalue weighted by Gasteiger charge is 2.27. The first kappa shape index (κ1) is 28.1. The first-order chi connectivity index (χ1) is 17.1. The van der Waals surface area contributed by atoms with Crippen molar-refractivity contribution < 1.29 is 22.5 Å². The fraction of sp³-hybridized carbons (Fsp3) is 0.375. The Kier molecular flexibility index (Phi) is 10.3. The molecule has 0 radical (unpaired) electrons. The second-order valence-corrected chi connectivity index (χ2v) is 10.9. The first-order valence-electron chi connectivity index (χ1n) is 11.3. The van der Waals surface area contributed by atoms with Crippen LogP contribution in [0.1, 0.15) is 46.9 Å². The lowest BCUT2D eigenvalue weighted by Crippen LogP contribution is -2.40. The number of rotatable bonds is 14. The zero-order valence-electron chi connectivity index (χ0n) is 19.7. The van der Waals surface area contributed by atoms with Crippen molar-refractivity contribution in [3.05, 3.63) is 75.4 Å². The fourth-order valence-corrected chi connectivity index (χ4v) is 4.50. The van der Waals surface area contributed by atoms with E-state index in [1.807, 2.05) is 36.4 Å². The van der Waals surface area contributed by atoms with Gasteiger partial charge >= 0.3 is 0 Å². The molecular formula is C24H28Cl2N4O5S. The van der Waals surface area contributed by atoms with E-state index in [0.717, 1.165) is 17.4 Å². The van der Waals surface area contributed by atoms with Crippen LogP contribution in [0.4, 0.5) is 0 Å². The molecule has 3 aromatic rings. The van der Waals surface area contributed by atoms with Crippen LogP contribution in [-0.2, 0) is 22.9 Å². The lowest BCUT2D eigenvalue weighted by Gasteiger charge is -2.14. The van der Waals surface area contributed by atoms with E-state index < -0.39 is 21.8 Å². The molecule has 9 nitrogen and oxygen atoms in total. The number of ketones is 1. The molecule has 0 aliphatic heterocycles. The molecule has 12 heteroatoms. The number of nitrogens with zero attached hydrogens (tertiary/aromatic N) is 2. The van der Waals surface area contributed by atoms with Crippen molar-refractivity contribution in [3.8, 4) is 5.75 Å². The molecule has 0 bridgehead atoms. The van der Waals surface area contributed by atoms with Gasteiger partial charge in [0.25, 0.3) is 0 Å². The number of Topliss-reactive ketones (excluding diaryl/α,β-unsaturated/α-hetero) is 1. The zero-order chi connectivity index (χ0) is 26.1. The highest BCUT2D eigenvalue weighted by molar-refractivity contribution is 7.88. The van der Waals surface area contributed by atoms with E-state index in [2.05, 4.69) is 14.9 Å². The summed E-state index contributed by atoms with van der Waals surface area (Å²) in [6.45, 7) is 0.924. The number of unbranched alkanes of at least 4 members (excludes halogenated alkanes) is 1. The second kappa shape index (κ2) is 13.2. The molecule has 3 N–H and O–H groups in total. The summed E-state index contributed by atoms with van der Waals surface area (Å²) in [5, 5.41) is 4.78. The molecule has 194 valence electrons.